The average molecular weight is 423 g/mol. The van der Waals surface area contributed by atoms with E-state index in [0.29, 0.717) is 24.1 Å². The number of hydrogen-bond acceptors (Lipinski definition) is 4. The van der Waals surface area contributed by atoms with Crippen LogP contribution in [0.4, 0.5) is 0 Å². The molecule has 1 amide bonds. The zero-order chi connectivity index (χ0) is 22.1. The Bertz CT molecular complexity index is 1490. The fourth-order valence-electron chi connectivity index (χ4n) is 3.99. The van der Waals surface area contributed by atoms with Gasteiger partial charge < -0.3 is 13.9 Å². The van der Waals surface area contributed by atoms with Crippen molar-refractivity contribution in [3.63, 3.8) is 0 Å². The Labute approximate surface area is 184 Å². The van der Waals surface area contributed by atoms with Crippen molar-refractivity contribution in [2.75, 3.05) is 0 Å². The van der Waals surface area contributed by atoms with Gasteiger partial charge in [-0.25, -0.2) is 4.79 Å². The largest absolute Gasteiger partial charge is 0.422 e. The summed E-state index contributed by atoms with van der Waals surface area (Å²) in [5.41, 5.74) is 2.77. The molecule has 0 unspecified atom stereocenters. The predicted molar refractivity (Wildman–Crippen MR) is 123 cm³/mol. The summed E-state index contributed by atoms with van der Waals surface area (Å²) in [6, 6.07) is 22.7. The molecule has 158 valence electrons. The van der Waals surface area contributed by atoms with Crippen LogP contribution in [0.2, 0.25) is 0 Å². The fraction of sp³-hybridized carbons (Fsp3) is 0.115. The molecular weight excluding hydrogens is 402 g/mol. The first-order chi connectivity index (χ1) is 15.6. The molecule has 0 spiro atoms. The Kier molecular flexibility index (Phi) is 5.03. The van der Waals surface area contributed by atoms with Crippen LogP contribution in [0.15, 0.2) is 94.4 Å². The number of pyridine rings is 1. The number of aromatic nitrogens is 2. The van der Waals surface area contributed by atoms with Crippen LogP contribution in [0.5, 0.6) is 0 Å². The van der Waals surface area contributed by atoms with E-state index in [1.165, 1.54) is 0 Å². The lowest BCUT2D eigenvalue weighted by molar-refractivity contribution is 0.0722. The lowest BCUT2D eigenvalue weighted by Crippen LogP contribution is -2.33. The third-order valence-corrected chi connectivity index (χ3v) is 5.66. The number of aryl methyl sites for hydroxylation is 1. The quantitative estimate of drug-likeness (QED) is 0.390. The van der Waals surface area contributed by atoms with Gasteiger partial charge in [-0.1, -0.05) is 42.5 Å². The van der Waals surface area contributed by atoms with Gasteiger partial charge in [-0.3, -0.25) is 9.78 Å². The smallest absolute Gasteiger partial charge is 0.349 e. The van der Waals surface area contributed by atoms with Gasteiger partial charge in [0.1, 0.15) is 11.1 Å². The molecule has 0 aliphatic carbocycles. The van der Waals surface area contributed by atoms with Gasteiger partial charge in [0, 0.05) is 42.6 Å². The number of nitrogens with zero attached hydrogens (tertiary/aromatic N) is 3. The van der Waals surface area contributed by atoms with E-state index in [1.54, 1.807) is 35.5 Å². The number of amides is 1. The van der Waals surface area contributed by atoms with E-state index >= 15 is 0 Å². The zero-order valence-corrected chi connectivity index (χ0v) is 17.6. The Morgan fingerprint density at radius 3 is 2.53 bits per heavy atom. The molecule has 0 bridgehead atoms. The summed E-state index contributed by atoms with van der Waals surface area (Å²) in [6.45, 7) is 0.658. The minimum absolute atomic E-state index is 0.0198. The van der Waals surface area contributed by atoms with Crippen molar-refractivity contribution < 1.29 is 9.21 Å². The van der Waals surface area contributed by atoms with E-state index in [-0.39, 0.29) is 11.5 Å². The molecule has 0 aliphatic heterocycles. The Morgan fingerprint density at radius 2 is 1.75 bits per heavy atom. The van der Waals surface area contributed by atoms with E-state index in [2.05, 4.69) is 15.6 Å². The molecular formula is C26H21N3O3. The zero-order valence-electron chi connectivity index (χ0n) is 17.6. The third kappa shape index (κ3) is 3.67. The molecule has 32 heavy (non-hydrogen) atoms. The highest BCUT2D eigenvalue weighted by atomic mass is 16.4. The minimum atomic E-state index is -0.637. The van der Waals surface area contributed by atoms with Crippen LogP contribution in [0.25, 0.3) is 21.9 Å². The number of fused-ring (bicyclic) bond motifs is 2. The molecule has 3 aromatic heterocycles. The summed E-state index contributed by atoms with van der Waals surface area (Å²) in [4.78, 5) is 32.1. The van der Waals surface area contributed by atoms with E-state index in [0.717, 1.165) is 22.2 Å². The van der Waals surface area contributed by atoms with Crippen LogP contribution < -0.4 is 5.63 Å². The normalized spacial score (nSPS) is 11.2. The molecule has 0 fully saturated rings. The third-order valence-electron chi connectivity index (χ3n) is 5.66. The number of rotatable bonds is 5. The molecule has 6 nitrogen and oxygen atoms in total. The maximum absolute atomic E-state index is 13.6. The molecule has 5 rings (SSSR count). The molecule has 0 aliphatic rings. The van der Waals surface area contributed by atoms with Gasteiger partial charge in [0.05, 0.1) is 6.54 Å². The van der Waals surface area contributed by atoms with Gasteiger partial charge in [-0.2, -0.15) is 0 Å². The van der Waals surface area contributed by atoms with Gasteiger partial charge in [0.15, 0.2) is 0 Å². The second kappa shape index (κ2) is 8.15. The fourth-order valence-corrected chi connectivity index (χ4v) is 3.99. The van der Waals surface area contributed by atoms with Crippen LogP contribution in [0.1, 0.15) is 21.6 Å². The summed E-state index contributed by atoms with van der Waals surface area (Å²) in [5.74, 6) is -0.376. The van der Waals surface area contributed by atoms with E-state index in [4.69, 9.17) is 4.42 Å². The first-order valence-electron chi connectivity index (χ1n) is 10.3. The highest BCUT2D eigenvalue weighted by Gasteiger charge is 2.22. The number of para-hydroxylation sites is 2. The molecule has 6 heteroatoms. The Morgan fingerprint density at radius 1 is 0.969 bits per heavy atom. The van der Waals surface area contributed by atoms with Gasteiger partial charge >= 0.3 is 5.63 Å². The molecule has 3 heterocycles. The van der Waals surface area contributed by atoms with Crippen molar-refractivity contribution in [2.45, 2.75) is 13.1 Å². The molecule has 0 N–H and O–H groups in total. The van der Waals surface area contributed by atoms with Crippen LogP contribution in [-0.2, 0) is 20.1 Å². The summed E-state index contributed by atoms with van der Waals surface area (Å²) >= 11 is 0. The van der Waals surface area contributed by atoms with Crippen LogP contribution in [-0.4, -0.2) is 20.4 Å². The van der Waals surface area contributed by atoms with Crippen molar-refractivity contribution in [2.24, 2.45) is 7.05 Å². The first kappa shape index (κ1) is 19.8. The molecule has 0 saturated carbocycles. The average Bonchev–Trinajstić information content (AvgIpc) is 3.14. The monoisotopic (exact) mass is 423 g/mol. The second-order valence-electron chi connectivity index (χ2n) is 7.76. The topological polar surface area (TPSA) is 68.3 Å². The Balaban J connectivity index is 1.56. The molecule has 0 radical (unpaired) electrons. The van der Waals surface area contributed by atoms with Gasteiger partial charge in [0.25, 0.3) is 5.91 Å². The Hall–Kier alpha value is -4.19. The number of hydrogen-bond donors (Lipinski definition) is 0. The minimum Gasteiger partial charge on any atom is -0.422 e. The molecule has 0 saturated heterocycles. The lowest BCUT2D eigenvalue weighted by atomic mass is 10.1. The van der Waals surface area contributed by atoms with Gasteiger partial charge in [-0.05, 0) is 41.3 Å². The van der Waals surface area contributed by atoms with Crippen molar-refractivity contribution in [1.82, 2.24) is 14.5 Å². The summed E-state index contributed by atoms with van der Waals surface area (Å²) in [7, 11) is 1.98. The molecule has 0 atom stereocenters. The number of carbonyl (C=O) groups is 1. The second-order valence-corrected chi connectivity index (χ2v) is 7.76. The summed E-state index contributed by atoms with van der Waals surface area (Å²) < 4.78 is 7.49. The van der Waals surface area contributed by atoms with Crippen molar-refractivity contribution >= 4 is 27.8 Å². The highest BCUT2D eigenvalue weighted by molar-refractivity contribution is 5.96. The van der Waals surface area contributed by atoms with Crippen molar-refractivity contribution in [1.29, 1.82) is 0 Å². The maximum Gasteiger partial charge on any atom is 0.349 e. The summed E-state index contributed by atoms with van der Waals surface area (Å²) in [5, 5.41) is 1.81. The van der Waals surface area contributed by atoms with E-state index in [1.807, 2.05) is 55.6 Å². The van der Waals surface area contributed by atoms with Crippen LogP contribution >= 0.6 is 0 Å². The first-order valence-corrected chi connectivity index (χ1v) is 10.3. The maximum atomic E-state index is 13.6. The van der Waals surface area contributed by atoms with Gasteiger partial charge in [-0.15, -0.1) is 0 Å². The predicted octanol–water partition coefficient (Wildman–Crippen LogP) is 4.52. The SMILES string of the molecule is Cn1c(CN(Cc2cccnc2)C(=O)c2cc3ccccc3oc2=O)cc2ccccc21. The van der Waals surface area contributed by atoms with E-state index in [9.17, 15) is 9.59 Å². The van der Waals surface area contributed by atoms with Crippen LogP contribution in [0, 0.1) is 0 Å². The van der Waals surface area contributed by atoms with Crippen molar-refractivity contribution in [3.05, 3.63) is 112 Å². The van der Waals surface area contributed by atoms with Gasteiger partial charge in [0.2, 0.25) is 0 Å². The number of carbonyl (C=O) groups excluding carboxylic acids is 1. The van der Waals surface area contributed by atoms with Crippen LogP contribution in [0.3, 0.4) is 0 Å². The standard InChI is InChI=1S/C26H21N3O3/c1-28-21(13-19-8-2-4-10-23(19)28)17-29(16-18-7-6-12-27-15-18)25(30)22-14-20-9-3-5-11-24(20)32-26(22)31/h2-15H,16-17H2,1H3. The highest BCUT2D eigenvalue weighted by Crippen LogP contribution is 2.22. The number of benzene rings is 2. The van der Waals surface area contributed by atoms with E-state index < -0.39 is 5.63 Å². The van der Waals surface area contributed by atoms with Crippen molar-refractivity contribution in [3.8, 4) is 0 Å². The lowest BCUT2D eigenvalue weighted by Gasteiger charge is -2.23. The molecule has 5 aromatic rings. The summed E-state index contributed by atoms with van der Waals surface area (Å²) in [6.07, 6.45) is 3.42. The molecule has 2 aromatic carbocycles.